The molecule has 8 nitrogen and oxygen atoms in total. The molecular formula is C11H12N6O2. The highest BCUT2D eigenvalue weighted by Crippen LogP contribution is 2.03. The minimum atomic E-state index is -0.546. The molecule has 2 heterocycles. The standard InChI is InChI=1S/C11H12N6O2/c12-10(18)7-4-14-17(5-7)6-8-2-1-3-9(15-8)11(19)16-13/h1-5H,6,13H2,(H2,12,18)(H,16,19). The van der Waals surface area contributed by atoms with Crippen LogP contribution < -0.4 is 17.0 Å². The molecule has 8 heteroatoms. The number of carbonyl (C=O) groups excluding carboxylic acids is 2. The number of aromatic nitrogens is 3. The predicted molar refractivity (Wildman–Crippen MR) is 65.7 cm³/mol. The van der Waals surface area contributed by atoms with Gasteiger partial charge >= 0.3 is 0 Å². The highest BCUT2D eigenvalue weighted by Gasteiger charge is 2.08. The SMILES string of the molecule is NNC(=O)c1cccc(Cn2cc(C(N)=O)cn2)n1. The Morgan fingerprint density at radius 3 is 2.79 bits per heavy atom. The molecule has 5 N–H and O–H groups in total. The lowest BCUT2D eigenvalue weighted by molar-refractivity contribution is 0.0947. The maximum absolute atomic E-state index is 11.3. The molecule has 0 fully saturated rings. The summed E-state index contributed by atoms with van der Waals surface area (Å²) in [7, 11) is 0. The molecule has 2 aromatic rings. The highest BCUT2D eigenvalue weighted by atomic mass is 16.2. The van der Waals surface area contributed by atoms with E-state index in [0.717, 1.165) is 0 Å². The predicted octanol–water partition coefficient (Wildman–Crippen LogP) is -0.971. The number of hydrazine groups is 1. The molecule has 19 heavy (non-hydrogen) atoms. The van der Waals surface area contributed by atoms with E-state index in [1.54, 1.807) is 18.2 Å². The molecule has 0 radical (unpaired) electrons. The van der Waals surface area contributed by atoms with Gasteiger partial charge in [-0.3, -0.25) is 19.7 Å². The van der Waals surface area contributed by atoms with Crippen molar-refractivity contribution >= 4 is 11.8 Å². The lowest BCUT2D eigenvalue weighted by Gasteiger charge is -2.03. The Bertz CT molecular complexity index is 621. The molecule has 2 aromatic heterocycles. The van der Waals surface area contributed by atoms with Gasteiger partial charge in [0.05, 0.1) is 24.0 Å². The fourth-order valence-electron chi connectivity index (χ4n) is 1.51. The van der Waals surface area contributed by atoms with Crippen LogP contribution in [0.3, 0.4) is 0 Å². The number of rotatable bonds is 4. The molecule has 2 rings (SSSR count). The van der Waals surface area contributed by atoms with Gasteiger partial charge in [0.2, 0.25) is 0 Å². The Morgan fingerprint density at radius 2 is 2.16 bits per heavy atom. The largest absolute Gasteiger partial charge is 0.366 e. The molecular weight excluding hydrogens is 248 g/mol. The van der Waals surface area contributed by atoms with Crippen LogP contribution >= 0.6 is 0 Å². The fourth-order valence-corrected chi connectivity index (χ4v) is 1.51. The monoisotopic (exact) mass is 260 g/mol. The first kappa shape index (κ1) is 12.7. The van der Waals surface area contributed by atoms with Crippen molar-refractivity contribution in [3.05, 3.63) is 47.5 Å². The summed E-state index contributed by atoms with van der Waals surface area (Å²) >= 11 is 0. The zero-order valence-corrected chi connectivity index (χ0v) is 9.91. The van der Waals surface area contributed by atoms with Crippen molar-refractivity contribution in [3.8, 4) is 0 Å². The third kappa shape index (κ3) is 2.93. The summed E-state index contributed by atoms with van der Waals surface area (Å²) in [6, 6.07) is 4.97. The van der Waals surface area contributed by atoms with Gasteiger partial charge in [0.1, 0.15) is 5.69 Å². The summed E-state index contributed by atoms with van der Waals surface area (Å²) in [5, 5.41) is 3.98. The summed E-state index contributed by atoms with van der Waals surface area (Å²) in [5.74, 6) is 4.02. The quantitative estimate of drug-likeness (QED) is 0.370. The maximum atomic E-state index is 11.3. The highest BCUT2D eigenvalue weighted by molar-refractivity contribution is 5.92. The molecule has 0 bridgehead atoms. The molecule has 0 aliphatic heterocycles. The van der Waals surface area contributed by atoms with Gasteiger partial charge in [-0.15, -0.1) is 0 Å². The van der Waals surface area contributed by atoms with Crippen molar-refractivity contribution in [2.24, 2.45) is 11.6 Å². The van der Waals surface area contributed by atoms with Crippen LogP contribution in [0, 0.1) is 0 Å². The summed E-state index contributed by atoms with van der Waals surface area (Å²) in [6.45, 7) is 0.318. The van der Waals surface area contributed by atoms with Crippen LogP contribution in [0.1, 0.15) is 26.5 Å². The van der Waals surface area contributed by atoms with Gasteiger partial charge in [-0.2, -0.15) is 5.10 Å². The number of nitrogens with one attached hydrogen (secondary N) is 1. The Kier molecular flexibility index (Phi) is 3.53. The van der Waals surface area contributed by atoms with E-state index >= 15 is 0 Å². The second-order valence-corrected chi connectivity index (χ2v) is 3.78. The third-order valence-electron chi connectivity index (χ3n) is 2.41. The first-order valence-corrected chi connectivity index (χ1v) is 5.39. The third-order valence-corrected chi connectivity index (χ3v) is 2.41. The van der Waals surface area contributed by atoms with Gasteiger partial charge in [-0.25, -0.2) is 10.8 Å². The Hall–Kier alpha value is -2.74. The van der Waals surface area contributed by atoms with Crippen LogP contribution in [0.4, 0.5) is 0 Å². The zero-order valence-electron chi connectivity index (χ0n) is 9.91. The van der Waals surface area contributed by atoms with E-state index in [9.17, 15) is 9.59 Å². The van der Waals surface area contributed by atoms with Crippen LogP contribution in [0.25, 0.3) is 0 Å². The van der Waals surface area contributed by atoms with Gasteiger partial charge in [0.15, 0.2) is 0 Å². The number of pyridine rings is 1. The lowest BCUT2D eigenvalue weighted by atomic mass is 10.3. The number of nitrogens with two attached hydrogens (primary N) is 2. The van der Waals surface area contributed by atoms with Crippen LogP contribution in [0.5, 0.6) is 0 Å². The normalized spacial score (nSPS) is 10.2. The van der Waals surface area contributed by atoms with E-state index in [1.165, 1.54) is 17.1 Å². The molecule has 0 aliphatic carbocycles. The smallest absolute Gasteiger partial charge is 0.283 e. The molecule has 0 unspecified atom stereocenters. The minimum Gasteiger partial charge on any atom is -0.366 e. The summed E-state index contributed by atoms with van der Waals surface area (Å²) < 4.78 is 1.51. The Balaban J connectivity index is 2.18. The van der Waals surface area contributed by atoms with Crippen LogP contribution in [-0.2, 0) is 6.54 Å². The molecule has 0 saturated carbocycles. The van der Waals surface area contributed by atoms with E-state index in [2.05, 4.69) is 10.1 Å². The number of hydrogen-bond acceptors (Lipinski definition) is 5. The number of nitrogens with zero attached hydrogens (tertiary/aromatic N) is 3. The van der Waals surface area contributed by atoms with Crippen molar-refractivity contribution in [2.45, 2.75) is 6.54 Å². The van der Waals surface area contributed by atoms with Crippen LogP contribution in [0.2, 0.25) is 0 Å². The second-order valence-electron chi connectivity index (χ2n) is 3.78. The van der Waals surface area contributed by atoms with E-state index in [1.807, 2.05) is 5.43 Å². The summed E-state index contributed by atoms with van der Waals surface area (Å²) in [4.78, 5) is 26.4. The number of carbonyl (C=O) groups is 2. The van der Waals surface area contributed by atoms with Crippen molar-refractivity contribution in [2.75, 3.05) is 0 Å². The topological polar surface area (TPSA) is 129 Å². The van der Waals surface area contributed by atoms with Crippen molar-refractivity contribution in [1.29, 1.82) is 0 Å². The molecule has 0 saturated heterocycles. The van der Waals surface area contributed by atoms with Gasteiger partial charge in [-0.05, 0) is 12.1 Å². The van der Waals surface area contributed by atoms with Crippen molar-refractivity contribution in [1.82, 2.24) is 20.2 Å². The fraction of sp³-hybridized carbons (Fsp3) is 0.0909. The van der Waals surface area contributed by atoms with Gasteiger partial charge < -0.3 is 5.73 Å². The average molecular weight is 260 g/mol. The van der Waals surface area contributed by atoms with E-state index in [-0.39, 0.29) is 5.69 Å². The molecule has 0 spiro atoms. The first-order chi connectivity index (χ1) is 9.10. The van der Waals surface area contributed by atoms with Gasteiger partial charge in [-0.1, -0.05) is 6.07 Å². The Morgan fingerprint density at radius 1 is 1.37 bits per heavy atom. The number of primary amides is 1. The van der Waals surface area contributed by atoms with Crippen molar-refractivity contribution in [3.63, 3.8) is 0 Å². The maximum Gasteiger partial charge on any atom is 0.283 e. The molecule has 98 valence electrons. The number of amides is 2. The molecule has 0 aromatic carbocycles. The van der Waals surface area contributed by atoms with Gasteiger partial charge in [0, 0.05) is 6.20 Å². The molecule has 0 aliphatic rings. The first-order valence-electron chi connectivity index (χ1n) is 5.39. The van der Waals surface area contributed by atoms with Crippen LogP contribution in [-0.4, -0.2) is 26.6 Å². The second kappa shape index (κ2) is 5.27. The number of hydrogen-bond donors (Lipinski definition) is 3. The lowest BCUT2D eigenvalue weighted by Crippen LogP contribution is -2.30. The van der Waals surface area contributed by atoms with E-state index < -0.39 is 11.8 Å². The van der Waals surface area contributed by atoms with E-state index in [4.69, 9.17) is 11.6 Å². The molecule has 2 amide bonds. The molecule has 0 atom stereocenters. The zero-order chi connectivity index (χ0) is 13.8. The van der Waals surface area contributed by atoms with Crippen molar-refractivity contribution < 1.29 is 9.59 Å². The van der Waals surface area contributed by atoms with Gasteiger partial charge in [0.25, 0.3) is 11.8 Å². The summed E-state index contributed by atoms with van der Waals surface area (Å²) in [5.41, 5.74) is 8.27. The number of nitrogen functional groups attached to an aromatic ring is 1. The van der Waals surface area contributed by atoms with E-state index in [0.29, 0.717) is 17.8 Å². The summed E-state index contributed by atoms with van der Waals surface area (Å²) in [6.07, 6.45) is 2.89. The minimum absolute atomic E-state index is 0.210. The Labute approximate surface area is 108 Å². The van der Waals surface area contributed by atoms with Crippen LogP contribution in [0.15, 0.2) is 30.6 Å². The average Bonchev–Trinajstić information content (AvgIpc) is 2.87.